The first-order chi connectivity index (χ1) is 27.1. The minimum absolute atomic E-state index is 0.0150. The largest absolute Gasteiger partial charge is 0.504 e. The van der Waals surface area contributed by atoms with Crippen molar-refractivity contribution in [2.75, 3.05) is 38.8 Å². The van der Waals surface area contributed by atoms with Crippen LogP contribution in [0.3, 0.4) is 0 Å². The van der Waals surface area contributed by atoms with Crippen LogP contribution < -0.4 is 10.2 Å². The molecule has 3 N–H and O–H groups in total. The van der Waals surface area contributed by atoms with Gasteiger partial charge in [-0.2, -0.15) is 0 Å². The summed E-state index contributed by atoms with van der Waals surface area (Å²) in [5, 5.41) is 42.6. The van der Waals surface area contributed by atoms with E-state index in [0.29, 0.717) is 62.9 Å². The van der Waals surface area contributed by atoms with Crippen molar-refractivity contribution in [3.8, 4) is 0 Å². The normalized spacial score (nSPS) is 26.3. The number of rotatable bonds is 17. The number of cyclic esters (lactones) is 1. The molecule has 5 atom stereocenters. The van der Waals surface area contributed by atoms with Crippen molar-refractivity contribution in [2.45, 2.75) is 90.3 Å². The molecule has 3 aliphatic carbocycles. The van der Waals surface area contributed by atoms with E-state index in [1.165, 1.54) is 19.4 Å². The second-order valence-electron chi connectivity index (χ2n) is 15.5. The lowest BCUT2D eigenvalue weighted by atomic mass is 9.53. The van der Waals surface area contributed by atoms with Gasteiger partial charge in [-0.1, -0.05) is 13.3 Å². The van der Waals surface area contributed by atoms with Crippen molar-refractivity contribution in [2.24, 2.45) is 16.7 Å². The van der Waals surface area contributed by atoms with Gasteiger partial charge < -0.3 is 34.6 Å². The Bertz CT molecular complexity index is 2090. The molecule has 0 amide bonds. The van der Waals surface area contributed by atoms with E-state index < -0.39 is 63.3 Å². The van der Waals surface area contributed by atoms with Gasteiger partial charge in [0.15, 0.2) is 11.3 Å². The number of ether oxygens (including phenoxy) is 3. The summed E-state index contributed by atoms with van der Waals surface area (Å²) in [6, 6.07) is 2.88. The monoisotopic (exact) mass is 793 g/mol. The van der Waals surface area contributed by atoms with Crippen LogP contribution in [0.1, 0.15) is 78.1 Å². The van der Waals surface area contributed by atoms with Crippen LogP contribution in [0, 0.1) is 26.9 Å². The number of unbranched alkanes of at least 4 members (excludes halogenated alkanes) is 3. The van der Waals surface area contributed by atoms with Crippen molar-refractivity contribution in [3.63, 3.8) is 0 Å². The third-order valence-corrected chi connectivity index (χ3v) is 11.9. The number of aliphatic carboxylic acids is 1. The number of aliphatic hydroxyl groups excluding tert-OH is 1. The van der Waals surface area contributed by atoms with Crippen molar-refractivity contribution < 1.29 is 57.9 Å². The molecular formula is C39H47N5O13. The summed E-state index contributed by atoms with van der Waals surface area (Å²) in [5.74, 6) is -4.28. The molecule has 0 spiro atoms. The number of fused-ring (bicyclic) bond motifs is 5. The number of aromatic nitrogens is 2. The van der Waals surface area contributed by atoms with Gasteiger partial charge in [-0.25, -0.2) is 9.42 Å². The van der Waals surface area contributed by atoms with Gasteiger partial charge in [-0.05, 0) is 61.0 Å². The number of aliphatic hydroxyl groups is 1. The molecule has 2 fully saturated rings. The zero-order chi connectivity index (χ0) is 41.2. The Labute approximate surface area is 327 Å². The molecule has 6 rings (SSSR count). The smallest absolute Gasteiger partial charge is 0.340 e. The third kappa shape index (κ3) is 7.49. The van der Waals surface area contributed by atoms with E-state index in [0.717, 1.165) is 0 Å². The van der Waals surface area contributed by atoms with Gasteiger partial charge in [0.05, 0.1) is 28.2 Å². The van der Waals surface area contributed by atoms with E-state index in [1.54, 1.807) is 27.0 Å². The number of anilines is 1. The van der Waals surface area contributed by atoms with Crippen LogP contribution >= 0.6 is 0 Å². The Balaban J connectivity index is 1.24. The van der Waals surface area contributed by atoms with Crippen LogP contribution in [0.15, 0.2) is 51.0 Å². The van der Waals surface area contributed by atoms with Gasteiger partial charge in [0.25, 0.3) is 0 Å². The first-order valence-electron chi connectivity index (χ1n) is 19.1. The number of carboxylic acids is 1. The van der Waals surface area contributed by atoms with Crippen LogP contribution in [0.5, 0.6) is 0 Å². The number of nitro benzene ring substituents is 1. The third-order valence-electron chi connectivity index (χ3n) is 11.9. The highest BCUT2D eigenvalue weighted by molar-refractivity contribution is 6.14. The minimum Gasteiger partial charge on any atom is -0.504 e. The maximum Gasteiger partial charge on any atom is 0.340 e. The zero-order valence-electron chi connectivity index (χ0n) is 32.3. The first-order valence-corrected chi connectivity index (χ1v) is 19.1. The summed E-state index contributed by atoms with van der Waals surface area (Å²) in [7, 11) is 3.20. The highest BCUT2D eigenvalue weighted by Crippen LogP contribution is 2.62. The van der Waals surface area contributed by atoms with E-state index in [2.05, 4.69) is 15.6 Å². The van der Waals surface area contributed by atoms with E-state index >= 15 is 0 Å². The average Bonchev–Trinajstić information content (AvgIpc) is 3.76. The number of carbonyl (C=O) groups is 5. The standard InChI is InChI=1S/C39H47N5O13/c1-38-18-25(55-29(48)11-7-9-17-43(3)23-13-14-24(44(52)53)34-33(23)41-57-42-34)32-30(22(38)12-15-26(38)45)35(49)36(50)31-21(19-40-16-8-5-6-10-28(46)47)37(51)56-27(20-54-4)39(31,32)2/h13-14,19,22,25,27,40,50H,5-12,15-18,20H2,1-4H3,(H,46,47)/b21-19-. The number of nitro groups is 1. The molecule has 4 aliphatic rings. The van der Waals surface area contributed by atoms with E-state index in [1.807, 2.05) is 4.90 Å². The number of nitrogens with zero attached hydrogens (tertiary/aromatic N) is 4. The highest BCUT2D eigenvalue weighted by atomic mass is 16.6. The van der Waals surface area contributed by atoms with Crippen LogP contribution in [-0.4, -0.2) is 101 Å². The predicted molar refractivity (Wildman–Crippen MR) is 200 cm³/mol. The Morgan fingerprint density at radius 1 is 1.11 bits per heavy atom. The van der Waals surface area contributed by atoms with Gasteiger partial charge >= 0.3 is 23.6 Å². The molecule has 306 valence electrons. The summed E-state index contributed by atoms with van der Waals surface area (Å²) >= 11 is 0. The topological polar surface area (TPSA) is 251 Å². The molecule has 2 aromatic rings. The number of allylic oxidation sites excluding steroid dienone is 1. The molecule has 1 aromatic heterocycles. The van der Waals surface area contributed by atoms with Crippen LogP contribution in [0.25, 0.3) is 11.0 Å². The van der Waals surface area contributed by atoms with Crippen molar-refractivity contribution in [1.82, 2.24) is 15.6 Å². The molecule has 0 bridgehead atoms. The number of carbonyl (C=O) groups excluding carboxylic acids is 4. The summed E-state index contributed by atoms with van der Waals surface area (Å²) in [5.41, 5.74) is -1.36. The van der Waals surface area contributed by atoms with Gasteiger partial charge in [-0.15, -0.1) is 0 Å². The molecule has 18 heteroatoms. The van der Waals surface area contributed by atoms with Gasteiger partial charge in [0.2, 0.25) is 11.3 Å². The summed E-state index contributed by atoms with van der Waals surface area (Å²) in [6.07, 6.45) is 2.53. The molecule has 1 aromatic carbocycles. The number of methoxy groups -OCH3 is 1. The van der Waals surface area contributed by atoms with E-state index in [-0.39, 0.29) is 71.5 Å². The zero-order valence-corrected chi connectivity index (χ0v) is 32.3. The fourth-order valence-corrected chi connectivity index (χ4v) is 9.00. The van der Waals surface area contributed by atoms with Crippen LogP contribution in [0.2, 0.25) is 0 Å². The second-order valence-corrected chi connectivity index (χ2v) is 15.5. The lowest BCUT2D eigenvalue weighted by Gasteiger charge is -2.53. The Hall–Kier alpha value is -5.65. The Morgan fingerprint density at radius 2 is 1.84 bits per heavy atom. The lowest BCUT2D eigenvalue weighted by molar-refractivity contribution is -0.383. The highest BCUT2D eigenvalue weighted by Gasteiger charge is 2.64. The fraction of sp³-hybridized carbons (Fsp3) is 0.564. The van der Waals surface area contributed by atoms with Gasteiger partial charge in [-0.3, -0.25) is 29.3 Å². The predicted octanol–water partition coefficient (Wildman–Crippen LogP) is 4.43. The number of nitrogens with one attached hydrogen (secondary N) is 1. The van der Waals surface area contributed by atoms with E-state index in [4.69, 9.17) is 23.9 Å². The van der Waals surface area contributed by atoms with Crippen molar-refractivity contribution in [3.05, 3.63) is 56.5 Å². The molecule has 1 saturated carbocycles. The van der Waals surface area contributed by atoms with Gasteiger partial charge in [0.1, 0.15) is 18.0 Å². The van der Waals surface area contributed by atoms with Crippen molar-refractivity contribution in [1.29, 1.82) is 0 Å². The number of carboxylic acid groups (broad SMARTS) is 1. The Morgan fingerprint density at radius 3 is 2.56 bits per heavy atom. The molecule has 0 radical (unpaired) electrons. The molecular weight excluding hydrogens is 746 g/mol. The number of esters is 2. The quantitative estimate of drug-likeness (QED) is 0.0659. The maximum atomic E-state index is 14.4. The maximum absolute atomic E-state index is 14.4. The van der Waals surface area contributed by atoms with E-state index in [9.17, 15) is 39.2 Å². The number of Topliss-reactive ketones (excluding diaryl/α,β-unsaturated/α-hetero) is 2. The Kier molecular flexibility index (Phi) is 11.8. The minimum atomic E-state index is -1.40. The summed E-state index contributed by atoms with van der Waals surface area (Å²) in [4.78, 5) is 78.6. The number of ketones is 2. The summed E-state index contributed by atoms with van der Waals surface area (Å²) < 4.78 is 22.5. The van der Waals surface area contributed by atoms with Crippen LogP contribution in [-0.2, 0) is 38.2 Å². The van der Waals surface area contributed by atoms with Gasteiger partial charge in [0, 0.05) is 87.7 Å². The molecule has 57 heavy (non-hydrogen) atoms. The fourth-order valence-electron chi connectivity index (χ4n) is 9.00. The van der Waals surface area contributed by atoms with Crippen molar-refractivity contribution >= 4 is 51.9 Å². The number of hydrogen-bond donors (Lipinski definition) is 3. The SMILES string of the molecule is COCC1OC(=O)/C(=C\NCCCCCC(=O)O)C2=C(O)C(=O)C3=C(C(OC(=O)CCCCN(C)c4ccc([N+](=O)[O-])c5nonc45)CC4(C)C(=O)CCC34)C21C. The lowest BCUT2D eigenvalue weighted by Crippen LogP contribution is -2.57. The molecule has 5 unspecified atom stereocenters. The van der Waals surface area contributed by atoms with Crippen LogP contribution in [0.4, 0.5) is 11.4 Å². The molecule has 2 heterocycles. The average molecular weight is 794 g/mol. The molecule has 18 nitrogen and oxygen atoms in total. The first kappa shape index (κ1) is 41.0. The number of hydrogen-bond acceptors (Lipinski definition) is 16. The number of non-ortho nitro benzene ring substituents is 1. The summed E-state index contributed by atoms with van der Waals surface area (Å²) in [6.45, 7) is 4.19. The second kappa shape index (κ2) is 16.4. The molecule has 1 aliphatic heterocycles. The molecule has 1 saturated heterocycles. The number of benzene rings is 1.